The van der Waals surface area contributed by atoms with Crippen molar-refractivity contribution in [2.24, 2.45) is 0 Å². The number of furan rings is 2. The van der Waals surface area contributed by atoms with E-state index in [1.54, 1.807) is 0 Å². The van der Waals surface area contributed by atoms with Crippen LogP contribution >= 0.6 is 0 Å². The normalized spacial score (nSPS) is 16.9. The number of aromatic nitrogens is 1. The second-order valence-electron chi connectivity index (χ2n) is 18.4. The van der Waals surface area contributed by atoms with Crippen LogP contribution in [0, 0.1) is 0 Å². The highest BCUT2D eigenvalue weighted by molar-refractivity contribution is 6.12. The van der Waals surface area contributed by atoms with Crippen LogP contribution in [0.25, 0.3) is 106 Å². The molecule has 2 aliphatic carbocycles. The standard InChI is InChI=1S/C62H45NO2/c1-39-31-49(63-56-22-10-9-21-50(56)51-34-46(23-26-57(51)63)41-15-7-4-8-16-41)37-54-53-36-48(25-28-59(53)65-61(39)54)62(2)30-29-60-55(38-62)52-35-47(24-27-58(52)64-60)45-20-12-19-44(33-45)43-18-11-17-42(32-43)40-13-5-3-6-14-40/h3-30,32-37,39H,31,38H2,1-2H3. The molecule has 0 saturated carbocycles. The number of hydrogen-bond donors (Lipinski definition) is 0. The minimum atomic E-state index is -0.252. The smallest absolute Gasteiger partial charge is 0.135 e. The van der Waals surface area contributed by atoms with Gasteiger partial charge in [-0.05, 0) is 130 Å². The molecule has 0 radical (unpaired) electrons. The van der Waals surface area contributed by atoms with E-state index in [9.17, 15) is 0 Å². The summed E-state index contributed by atoms with van der Waals surface area (Å²) < 4.78 is 15.7. The number of para-hydroxylation sites is 1. The number of nitrogens with zero attached hydrogens (tertiary/aromatic N) is 1. The van der Waals surface area contributed by atoms with Crippen molar-refractivity contribution in [1.29, 1.82) is 0 Å². The van der Waals surface area contributed by atoms with Gasteiger partial charge in [-0.15, -0.1) is 0 Å². The zero-order valence-electron chi connectivity index (χ0n) is 36.4. The zero-order chi connectivity index (χ0) is 43.2. The number of rotatable bonds is 6. The first-order chi connectivity index (χ1) is 31.9. The quantitative estimate of drug-likeness (QED) is 0.167. The Morgan fingerprint density at radius 2 is 1.06 bits per heavy atom. The first kappa shape index (κ1) is 37.7. The summed E-state index contributed by atoms with van der Waals surface area (Å²) in [7, 11) is 0. The molecule has 3 heteroatoms. The summed E-state index contributed by atoms with van der Waals surface area (Å²) in [6.45, 7) is 4.67. The summed E-state index contributed by atoms with van der Waals surface area (Å²) in [5.41, 5.74) is 18.8. The van der Waals surface area contributed by atoms with E-state index in [2.05, 4.69) is 225 Å². The van der Waals surface area contributed by atoms with Crippen LogP contribution in [0.4, 0.5) is 0 Å². The molecular weight excluding hydrogens is 791 g/mol. The summed E-state index contributed by atoms with van der Waals surface area (Å²) in [6.07, 6.45) is 8.65. The number of hydrogen-bond acceptors (Lipinski definition) is 2. The van der Waals surface area contributed by atoms with Crippen LogP contribution in [0.3, 0.4) is 0 Å². The third-order valence-corrected chi connectivity index (χ3v) is 14.2. The maximum absolute atomic E-state index is 6.72. The van der Waals surface area contributed by atoms with Gasteiger partial charge >= 0.3 is 0 Å². The molecular formula is C62H45NO2. The number of benzene rings is 8. The fourth-order valence-corrected chi connectivity index (χ4v) is 10.8. The molecule has 3 nitrogen and oxygen atoms in total. The van der Waals surface area contributed by atoms with E-state index in [4.69, 9.17) is 8.83 Å². The van der Waals surface area contributed by atoms with E-state index in [-0.39, 0.29) is 11.3 Å². The highest BCUT2D eigenvalue weighted by atomic mass is 16.3. The van der Waals surface area contributed by atoms with Crippen molar-refractivity contribution in [3.63, 3.8) is 0 Å². The third-order valence-electron chi connectivity index (χ3n) is 14.2. The van der Waals surface area contributed by atoms with E-state index in [1.807, 2.05) is 0 Å². The lowest BCUT2D eigenvalue weighted by Crippen LogP contribution is -2.24. The molecule has 0 bridgehead atoms. The van der Waals surface area contributed by atoms with Gasteiger partial charge in [0.25, 0.3) is 0 Å². The summed E-state index contributed by atoms with van der Waals surface area (Å²) in [5.74, 6) is 2.24. The molecule has 13 rings (SSSR count). The molecule has 2 unspecified atom stereocenters. The molecule has 8 aromatic carbocycles. The molecule has 2 atom stereocenters. The Hall–Kier alpha value is -7.88. The Labute approximate surface area is 378 Å². The molecule has 0 saturated heterocycles. The van der Waals surface area contributed by atoms with Gasteiger partial charge in [-0.25, -0.2) is 0 Å². The molecule has 310 valence electrons. The minimum absolute atomic E-state index is 0.222. The van der Waals surface area contributed by atoms with Gasteiger partial charge in [0.15, 0.2) is 0 Å². The van der Waals surface area contributed by atoms with E-state index in [0.29, 0.717) is 0 Å². The van der Waals surface area contributed by atoms with Crippen LogP contribution in [0.15, 0.2) is 203 Å². The van der Waals surface area contributed by atoms with Crippen molar-refractivity contribution in [2.45, 2.75) is 38.0 Å². The fourth-order valence-electron chi connectivity index (χ4n) is 10.8. The lowest BCUT2D eigenvalue weighted by Gasteiger charge is -2.29. The Morgan fingerprint density at radius 3 is 1.80 bits per heavy atom. The molecule has 3 aromatic heterocycles. The monoisotopic (exact) mass is 835 g/mol. The minimum Gasteiger partial charge on any atom is -0.460 e. The second-order valence-corrected chi connectivity index (χ2v) is 18.4. The predicted molar refractivity (Wildman–Crippen MR) is 271 cm³/mol. The Kier molecular flexibility index (Phi) is 8.45. The van der Waals surface area contributed by atoms with E-state index < -0.39 is 0 Å². The van der Waals surface area contributed by atoms with Gasteiger partial charge in [0.05, 0.1) is 11.0 Å². The van der Waals surface area contributed by atoms with Crippen molar-refractivity contribution in [3.8, 4) is 44.5 Å². The lowest BCUT2D eigenvalue weighted by molar-refractivity contribution is 0.504. The van der Waals surface area contributed by atoms with Crippen LogP contribution in [-0.4, -0.2) is 4.57 Å². The van der Waals surface area contributed by atoms with E-state index in [0.717, 1.165) is 35.5 Å². The van der Waals surface area contributed by atoms with Crippen molar-refractivity contribution in [2.75, 3.05) is 0 Å². The van der Waals surface area contributed by atoms with Crippen LogP contribution < -0.4 is 0 Å². The molecule has 3 heterocycles. The van der Waals surface area contributed by atoms with Gasteiger partial charge in [-0.2, -0.15) is 0 Å². The summed E-state index contributed by atoms with van der Waals surface area (Å²) in [5, 5.41) is 4.89. The summed E-state index contributed by atoms with van der Waals surface area (Å²) in [4.78, 5) is 0. The predicted octanol–water partition coefficient (Wildman–Crippen LogP) is 17.0. The van der Waals surface area contributed by atoms with Crippen LogP contribution in [-0.2, 0) is 11.8 Å². The molecule has 0 aliphatic heterocycles. The van der Waals surface area contributed by atoms with Crippen molar-refractivity contribution < 1.29 is 8.83 Å². The SMILES string of the molecule is CC1CC(n2c3ccccc3c3cc(-c4ccccc4)ccc32)=Cc2c1oc1ccc(C3(C)C=Cc4oc5ccc(-c6cccc(-c7cccc(-c8ccccc8)c7)c6)cc5c4C3)cc21. The average molecular weight is 836 g/mol. The Bertz CT molecular complexity index is 3740. The molecule has 0 fully saturated rings. The summed E-state index contributed by atoms with van der Waals surface area (Å²) >= 11 is 0. The Balaban J connectivity index is 0.853. The first-order valence-corrected chi connectivity index (χ1v) is 22.8. The van der Waals surface area contributed by atoms with E-state index in [1.165, 1.54) is 99.5 Å². The lowest BCUT2D eigenvalue weighted by atomic mass is 9.73. The Morgan fingerprint density at radius 1 is 0.492 bits per heavy atom. The van der Waals surface area contributed by atoms with Gasteiger partial charge in [-0.3, -0.25) is 0 Å². The van der Waals surface area contributed by atoms with E-state index >= 15 is 0 Å². The zero-order valence-corrected chi connectivity index (χ0v) is 36.4. The molecule has 65 heavy (non-hydrogen) atoms. The van der Waals surface area contributed by atoms with Gasteiger partial charge < -0.3 is 13.4 Å². The first-order valence-electron chi connectivity index (χ1n) is 22.8. The molecule has 0 spiro atoms. The number of fused-ring (bicyclic) bond motifs is 9. The highest BCUT2D eigenvalue weighted by Gasteiger charge is 2.33. The fraction of sp³-hybridized carbons (Fsp3) is 0.0968. The van der Waals surface area contributed by atoms with Gasteiger partial charge in [0, 0.05) is 49.7 Å². The van der Waals surface area contributed by atoms with Crippen molar-refractivity contribution in [1.82, 2.24) is 4.57 Å². The molecule has 11 aromatic rings. The van der Waals surface area contributed by atoms with Crippen LogP contribution in [0.2, 0.25) is 0 Å². The number of allylic oxidation sites excluding steroid dienone is 2. The third kappa shape index (κ3) is 6.18. The largest absolute Gasteiger partial charge is 0.460 e. The molecule has 2 aliphatic rings. The molecule has 0 amide bonds. The van der Waals surface area contributed by atoms with Crippen LogP contribution in [0.5, 0.6) is 0 Å². The van der Waals surface area contributed by atoms with Gasteiger partial charge in [-0.1, -0.05) is 153 Å². The summed E-state index contributed by atoms with van der Waals surface area (Å²) in [6, 6.07) is 68.3. The van der Waals surface area contributed by atoms with Gasteiger partial charge in [0.1, 0.15) is 22.7 Å². The topological polar surface area (TPSA) is 31.2 Å². The highest BCUT2D eigenvalue weighted by Crippen LogP contribution is 2.47. The maximum atomic E-state index is 6.72. The molecule has 0 N–H and O–H groups in total. The second kappa shape index (κ2) is 14.6. The van der Waals surface area contributed by atoms with Crippen LogP contribution in [0.1, 0.15) is 54.4 Å². The van der Waals surface area contributed by atoms with Crippen molar-refractivity contribution in [3.05, 3.63) is 222 Å². The average Bonchev–Trinajstić information content (AvgIpc) is 4.03. The van der Waals surface area contributed by atoms with Crippen molar-refractivity contribution >= 4 is 61.6 Å². The maximum Gasteiger partial charge on any atom is 0.135 e. The van der Waals surface area contributed by atoms with Gasteiger partial charge in [0.2, 0.25) is 0 Å².